The van der Waals surface area contributed by atoms with Crippen LogP contribution in [0.2, 0.25) is 0 Å². The van der Waals surface area contributed by atoms with Gasteiger partial charge in [0.1, 0.15) is 33.5 Å². The first-order valence-corrected chi connectivity index (χ1v) is 21.3. The summed E-state index contributed by atoms with van der Waals surface area (Å²) in [5.41, 5.74) is 3.38. The second kappa shape index (κ2) is 21.9. The number of rotatable bonds is 20. The fourth-order valence-corrected chi connectivity index (χ4v) is 9.73. The lowest BCUT2D eigenvalue weighted by Gasteiger charge is -2.29. The van der Waals surface area contributed by atoms with E-state index in [1.54, 1.807) is 105 Å². The number of sulfonamides is 2. The molecule has 0 amide bonds. The maximum absolute atomic E-state index is 13.3. The van der Waals surface area contributed by atoms with E-state index in [0.717, 1.165) is 22.3 Å². The Morgan fingerprint density at radius 3 is 0.768 bits per heavy atom. The molecule has 0 bridgehead atoms. The Morgan fingerprint density at radius 1 is 0.429 bits per heavy atom. The molecule has 0 spiro atoms. The molecule has 308 valence electrons. The van der Waals surface area contributed by atoms with Gasteiger partial charge in [0, 0.05) is 26.2 Å². The zero-order chi connectivity index (χ0) is 41.5. The summed E-state index contributed by atoms with van der Waals surface area (Å²) in [5.74, 6) is 2.44. The number of aliphatic hydroxyl groups excluding tert-OH is 2. The van der Waals surface area contributed by atoms with E-state index in [-0.39, 0.29) is 38.0 Å². The van der Waals surface area contributed by atoms with Crippen LogP contribution in [0.15, 0.2) is 97.1 Å². The highest BCUT2D eigenvalue weighted by Gasteiger charge is 2.35. The minimum Gasteiger partial charge on any atom is -0.497 e. The number of aliphatic hydroxyl groups is 2. The maximum atomic E-state index is 13.3. The van der Waals surface area contributed by atoms with Gasteiger partial charge in [-0.25, -0.2) is 16.8 Å². The van der Waals surface area contributed by atoms with Gasteiger partial charge in [-0.05, 0) is 82.6 Å². The average molecular weight is 815 g/mol. The molecule has 0 aromatic heterocycles. The number of nitrogens with zero attached hydrogens (tertiary/aromatic N) is 2. The van der Waals surface area contributed by atoms with Crippen LogP contribution in [0.25, 0.3) is 0 Å². The molecule has 2 N–H and O–H groups in total. The summed E-state index contributed by atoms with van der Waals surface area (Å²) >= 11 is 0. The predicted molar refractivity (Wildman–Crippen MR) is 220 cm³/mol. The Hall–Kier alpha value is -4.18. The fourth-order valence-electron chi connectivity index (χ4n) is 5.89. The minimum atomic E-state index is -3.72. The number of benzene rings is 4. The summed E-state index contributed by atoms with van der Waals surface area (Å²) in [6.07, 6.45) is 0. The number of ether oxygens (including phenoxy) is 4. The third-order valence-corrected chi connectivity index (χ3v) is 14.3. The molecule has 0 aliphatic heterocycles. The van der Waals surface area contributed by atoms with E-state index in [0.29, 0.717) is 23.0 Å². The molecule has 0 radical (unpaired) electrons. The van der Waals surface area contributed by atoms with Gasteiger partial charge in [-0.1, -0.05) is 76.2 Å². The van der Waals surface area contributed by atoms with E-state index >= 15 is 0 Å². The summed E-state index contributed by atoms with van der Waals surface area (Å²) in [5, 5.41) is 17.7. The second-order valence-corrected chi connectivity index (χ2v) is 18.3. The fraction of sp³-hybridized carbons (Fsp3) is 0.429. The number of hydrogen-bond acceptors (Lipinski definition) is 10. The molecule has 14 heteroatoms. The van der Waals surface area contributed by atoms with Gasteiger partial charge in [0.05, 0.1) is 41.7 Å². The van der Waals surface area contributed by atoms with Gasteiger partial charge in [0.2, 0.25) is 20.0 Å². The van der Waals surface area contributed by atoms with Crippen molar-refractivity contribution in [1.29, 1.82) is 0 Å². The molecule has 4 aromatic rings. The van der Waals surface area contributed by atoms with E-state index < -0.39 is 43.8 Å². The molecule has 0 aliphatic rings. The number of hydrogen-bond donors (Lipinski definition) is 2. The topological polar surface area (TPSA) is 152 Å². The molecular formula is C42H58N2O10S2. The Morgan fingerprint density at radius 2 is 0.625 bits per heavy atom. The lowest BCUT2D eigenvalue weighted by atomic mass is 10.1. The van der Waals surface area contributed by atoms with Crippen LogP contribution in [0.1, 0.15) is 49.9 Å². The summed E-state index contributed by atoms with van der Waals surface area (Å²) in [6, 6.07) is 29.2. The quantitative estimate of drug-likeness (QED) is 0.107. The highest BCUT2D eigenvalue weighted by Crippen LogP contribution is 2.26. The van der Waals surface area contributed by atoms with Crippen LogP contribution in [0.5, 0.6) is 23.0 Å². The van der Waals surface area contributed by atoms with Crippen molar-refractivity contribution in [2.24, 2.45) is 11.8 Å². The van der Waals surface area contributed by atoms with E-state index in [9.17, 15) is 27.0 Å². The van der Waals surface area contributed by atoms with Crippen LogP contribution in [0.3, 0.4) is 0 Å². The zero-order valence-corrected chi connectivity index (χ0v) is 35.3. The molecule has 12 nitrogen and oxygen atoms in total. The largest absolute Gasteiger partial charge is 0.497 e. The molecule has 0 saturated carbocycles. The van der Waals surface area contributed by atoms with Crippen molar-refractivity contribution in [1.82, 2.24) is 8.61 Å². The van der Waals surface area contributed by atoms with Crippen LogP contribution >= 0.6 is 0 Å². The van der Waals surface area contributed by atoms with Crippen molar-refractivity contribution >= 4 is 20.0 Å². The molecule has 0 heterocycles. The highest BCUT2D eigenvalue weighted by atomic mass is 32.2. The summed E-state index contributed by atoms with van der Waals surface area (Å²) < 4.78 is 76.6. The van der Waals surface area contributed by atoms with Crippen molar-refractivity contribution in [3.05, 3.63) is 119 Å². The summed E-state index contributed by atoms with van der Waals surface area (Å²) in [6.45, 7) is 7.22. The zero-order valence-electron chi connectivity index (χ0n) is 33.7. The molecular weight excluding hydrogens is 757 g/mol. The third-order valence-electron chi connectivity index (χ3n) is 9.40. The van der Waals surface area contributed by atoms with Gasteiger partial charge < -0.3 is 29.2 Å². The molecule has 4 rings (SSSR count). The minimum absolute atomic E-state index is 0.204. The smallest absolute Gasteiger partial charge is 0.220 e. The van der Waals surface area contributed by atoms with Crippen LogP contribution in [-0.2, 0) is 46.2 Å². The molecule has 0 unspecified atom stereocenters. The van der Waals surface area contributed by atoms with Gasteiger partial charge in [0.25, 0.3) is 0 Å². The number of methoxy groups -OCH3 is 4. The van der Waals surface area contributed by atoms with Gasteiger partial charge >= 0.3 is 0 Å². The standard InChI is InChI=1S/2C21H29NO5S/c2*1-16(2)21(15-23)28(24,25)22(13-17-5-9-19(26-3)10-6-17)14-18-7-11-20(27-4)12-8-18/h2*5-12,16,21,23H,13-15H2,1-4H3/t2*21-/m10/s1. The average Bonchev–Trinajstić information content (AvgIpc) is 3.18. The summed E-state index contributed by atoms with van der Waals surface area (Å²) in [4.78, 5) is 0. The molecule has 0 fully saturated rings. The van der Waals surface area contributed by atoms with Crippen molar-refractivity contribution in [2.75, 3.05) is 41.7 Å². The Balaban J connectivity index is 0.000000300. The Bertz CT molecular complexity index is 1710. The maximum Gasteiger partial charge on any atom is 0.220 e. The van der Waals surface area contributed by atoms with Gasteiger partial charge in [-0.2, -0.15) is 8.61 Å². The van der Waals surface area contributed by atoms with E-state index in [4.69, 9.17) is 18.9 Å². The van der Waals surface area contributed by atoms with Crippen molar-refractivity contribution in [3.8, 4) is 23.0 Å². The predicted octanol–water partition coefficient (Wildman–Crippen LogP) is 6.11. The normalized spacial score (nSPS) is 13.0. The lowest BCUT2D eigenvalue weighted by Crippen LogP contribution is -2.42. The van der Waals surface area contributed by atoms with Gasteiger partial charge in [-0.15, -0.1) is 0 Å². The van der Waals surface area contributed by atoms with Crippen molar-refractivity contribution < 1.29 is 46.0 Å². The molecule has 0 saturated heterocycles. The van der Waals surface area contributed by atoms with Crippen LogP contribution in [0.4, 0.5) is 0 Å². The second-order valence-electron chi connectivity index (χ2n) is 13.9. The molecule has 0 aliphatic carbocycles. The Labute approximate surface area is 333 Å². The molecule has 2 atom stereocenters. The SMILES string of the molecule is COc1ccc(CN(Cc2ccc(OC)cc2)S(=O)(=O)[C@@H](CO)C(C)C)cc1.COc1ccc(CN(Cc2ccc(OC)cc2)S(=O)(=O)[C@H](CO)C(C)C)cc1. The first kappa shape index (κ1) is 46.2. The van der Waals surface area contributed by atoms with Crippen molar-refractivity contribution in [3.63, 3.8) is 0 Å². The van der Waals surface area contributed by atoms with Gasteiger partial charge in [-0.3, -0.25) is 0 Å². The van der Waals surface area contributed by atoms with E-state index in [1.807, 2.05) is 48.5 Å². The Kier molecular flexibility index (Phi) is 18.1. The monoisotopic (exact) mass is 814 g/mol. The molecule has 4 aromatic carbocycles. The lowest BCUT2D eigenvalue weighted by molar-refractivity contribution is 0.259. The van der Waals surface area contributed by atoms with Gasteiger partial charge in [0.15, 0.2) is 0 Å². The summed E-state index contributed by atoms with van der Waals surface area (Å²) in [7, 11) is -1.09. The highest BCUT2D eigenvalue weighted by molar-refractivity contribution is 7.90. The van der Waals surface area contributed by atoms with Crippen LogP contribution in [0, 0.1) is 11.8 Å². The van der Waals surface area contributed by atoms with Crippen LogP contribution < -0.4 is 18.9 Å². The molecule has 56 heavy (non-hydrogen) atoms. The van der Waals surface area contributed by atoms with Crippen LogP contribution in [-0.4, -0.2) is 87.8 Å². The van der Waals surface area contributed by atoms with E-state index in [1.165, 1.54) is 8.61 Å². The van der Waals surface area contributed by atoms with Crippen molar-refractivity contribution in [2.45, 2.75) is 64.4 Å². The first-order valence-electron chi connectivity index (χ1n) is 18.3. The third kappa shape index (κ3) is 12.9. The first-order chi connectivity index (χ1) is 26.6. The van der Waals surface area contributed by atoms with E-state index in [2.05, 4.69) is 0 Å².